The molecule has 2 fully saturated rings. The maximum Gasteiger partial charge on any atom is 0.281 e. The highest BCUT2D eigenvalue weighted by molar-refractivity contribution is 7.86. The molecule has 0 aliphatic carbocycles. The number of amides is 1. The highest BCUT2D eigenvalue weighted by Crippen LogP contribution is 2.46. The molecule has 0 aromatic heterocycles. The highest BCUT2D eigenvalue weighted by Gasteiger charge is 2.51. The lowest BCUT2D eigenvalue weighted by atomic mass is 9.89. The van der Waals surface area contributed by atoms with Gasteiger partial charge in [0.2, 0.25) is 5.91 Å². The molecule has 3 rings (SSSR count). The number of hydrogen-bond donors (Lipinski definition) is 0. The van der Waals surface area contributed by atoms with Gasteiger partial charge in [-0.15, -0.1) is 0 Å². The summed E-state index contributed by atoms with van der Waals surface area (Å²) in [4.78, 5) is 14.5. The van der Waals surface area contributed by atoms with Crippen LogP contribution < -0.4 is 0 Å². The van der Waals surface area contributed by atoms with Gasteiger partial charge in [0, 0.05) is 46.8 Å². The first-order valence-electron chi connectivity index (χ1n) is 8.97. The van der Waals surface area contributed by atoms with Crippen LogP contribution in [0.2, 0.25) is 0 Å². The van der Waals surface area contributed by atoms with Crippen LogP contribution in [0, 0.1) is 17.7 Å². The van der Waals surface area contributed by atoms with E-state index in [9.17, 15) is 17.6 Å². The van der Waals surface area contributed by atoms with E-state index in [0.29, 0.717) is 31.8 Å². The fourth-order valence-electron chi connectivity index (χ4n) is 4.13. The Hall–Kier alpha value is -1.55. The van der Waals surface area contributed by atoms with Gasteiger partial charge in [0.1, 0.15) is 5.82 Å². The molecule has 2 heterocycles. The molecule has 2 saturated heterocycles. The highest BCUT2D eigenvalue weighted by atomic mass is 32.2. The van der Waals surface area contributed by atoms with Crippen molar-refractivity contribution >= 4 is 16.1 Å². The number of benzene rings is 1. The number of rotatable bonds is 6. The lowest BCUT2D eigenvalue weighted by Crippen LogP contribution is -2.41. The number of carbonyl (C=O) groups excluding carboxylic acids is 1. The van der Waals surface area contributed by atoms with E-state index in [-0.39, 0.29) is 36.0 Å². The summed E-state index contributed by atoms with van der Waals surface area (Å²) in [6.07, 6.45) is 0.251. The van der Waals surface area contributed by atoms with Crippen molar-refractivity contribution in [1.29, 1.82) is 0 Å². The van der Waals surface area contributed by atoms with Gasteiger partial charge in [-0.25, -0.2) is 4.39 Å². The van der Waals surface area contributed by atoms with E-state index >= 15 is 0 Å². The van der Waals surface area contributed by atoms with Crippen molar-refractivity contribution in [2.45, 2.75) is 12.5 Å². The quantitative estimate of drug-likeness (QED) is 0.718. The van der Waals surface area contributed by atoms with Crippen LogP contribution in [0.5, 0.6) is 0 Å². The molecule has 0 unspecified atom stereocenters. The molecule has 2 aliphatic heterocycles. The number of halogens is 1. The molecule has 0 radical (unpaired) electrons. The summed E-state index contributed by atoms with van der Waals surface area (Å²) in [7, 11) is 1.04. The van der Waals surface area contributed by atoms with Gasteiger partial charge in [-0.1, -0.05) is 12.1 Å². The normalized spacial score (nSPS) is 26.0. The summed E-state index contributed by atoms with van der Waals surface area (Å²) in [5.74, 6) is -0.453. The minimum absolute atomic E-state index is 0.0273. The van der Waals surface area contributed by atoms with Crippen LogP contribution >= 0.6 is 0 Å². The second-order valence-electron chi connectivity index (χ2n) is 7.32. The van der Waals surface area contributed by atoms with E-state index < -0.39 is 10.2 Å². The lowest BCUT2D eigenvalue weighted by molar-refractivity contribution is -0.133. The van der Waals surface area contributed by atoms with Crippen molar-refractivity contribution in [3.8, 4) is 0 Å². The Morgan fingerprint density at radius 2 is 2.04 bits per heavy atom. The molecule has 2 aliphatic rings. The molecular weight excluding hydrogens is 373 g/mol. The molecule has 0 spiro atoms. The minimum atomic E-state index is -3.52. The van der Waals surface area contributed by atoms with Gasteiger partial charge in [-0.2, -0.15) is 17.0 Å². The average molecular weight is 399 g/mol. The zero-order valence-electron chi connectivity index (χ0n) is 15.8. The average Bonchev–Trinajstić information content (AvgIpc) is 3.17. The van der Waals surface area contributed by atoms with Crippen molar-refractivity contribution in [2.24, 2.45) is 11.8 Å². The Morgan fingerprint density at radius 3 is 2.67 bits per heavy atom. The zero-order valence-corrected chi connectivity index (χ0v) is 16.7. The molecule has 3 atom stereocenters. The van der Waals surface area contributed by atoms with Gasteiger partial charge in [0.05, 0.1) is 19.1 Å². The van der Waals surface area contributed by atoms with E-state index in [1.54, 1.807) is 24.1 Å². The number of hydrogen-bond acceptors (Lipinski definition) is 4. The van der Waals surface area contributed by atoms with Gasteiger partial charge < -0.3 is 9.64 Å². The van der Waals surface area contributed by atoms with Gasteiger partial charge in [0.25, 0.3) is 10.2 Å². The van der Waals surface area contributed by atoms with Crippen LogP contribution in [0.1, 0.15) is 18.0 Å². The summed E-state index contributed by atoms with van der Waals surface area (Å²) >= 11 is 0. The van der Waals surface area contributed by atoms with Crippen LogP contribution in [-0.4, -0.2) is 75.3 Å². The van der Waals surface area contributed by atoms with E-state index in [4.69, 9.17) is 4.74 Å². The van der Waals surface area contributed by atoms with E-state index in [2.05, 4.69) is 0 Å². The fraction of sp³-hybridized carbons (Fsp3) is 0.611. The Labute approximate surface area is 159 Å². The maximum atomic E-state index is 13.8. The Bertz CT molecular complexity index is 802. The molecule has 1 amide bonds. The third kappa shape index (κ3) is 3.87. The first-order chi connectivity index (χ1) is 12.8. The summed E-state index contributed by atoms with van der Waals surface area (Å²) in [5.41, 5.74) is 0.706. The molecule has 0 saturated carbocycles. The molecule has 9 heteroatoms. The maximum absolute atomic E-state index is 13.8. The summed E-state index contributed by atoms with van der Waals surface area (Å²) in [6.45, 7) is 1.47. The predicted octanol–water partition coefficient (Wildman–Crippen LogP) is 1.10. The second kappa shape index (κ2) is 7.83. The van der Waals surface area contributed by atoms with Crippen molar-refractivity contribution < 1.29 is 22.3 Å². The van der Waals surface area contributed by atoms with Crippen LogP contribution in [0.4, 0.5) is 4.39 Å². The Morgan fingerprint density at radius 1 is 1.30 bits per heavy atom. The zero-order chi connectivity index (χ0) is 19.8. The van der Waals surface area contributed by atoms with Gasteiger partial charge in [-0.05, 0) is 23.6 Å². The summed E-state index contributed by atoms with van der Waals surface area (Å²) in [5, 5.41) is 0. The second-order valence-corrected chi connectivity index (χ2v) is 9.46. The SMILES string of the molecule is COCCC(=O)N1C[C@@H]2CN(S(=O)(=O)N(C)C)C[C@@H]2[C@@H]1c1cccc(F)c1. The molecule has 1 aromatic carbocycles. The monoisotopic (exact) mass is 399 g/mol. The Kier molecular flexibility index (Phi) is 5.85. The minimum Gasteiger partial charge on any atom is -0.384 e. The molecular formula is C18H26FN3O4S. The molecule has 0 N–H and O–H groups in total. The van der Waals surface area contributed by atoms with E-state index in [0.717, 1.165) is 0 Å². The van der Waals surface area contributed by atoms with Gasteiger partial charge in [-0.3, -0.25) is 4.79 Å². The van der Waals surface area contributed by atoms with E-state index in [1.807, 2.05) is 0 Å². The molecule has 27 heavy (non-hydrogen) atoms. The lowest BCUT2D eigenvalue weighted by Gasteiger charge is -2.30. The predicted molar refractivity (Wildman–Crippen MR) is 98.5 cm³/mol. The third-order valence-corrected chi connectivity index (χ3v) is 7.32. The van der Waals surface area contributed by atoms with Crippen LogP contribution in [-0.2, 0) is 19.7 Å². The number of ether oxygens (including phenoxy) is 1. The number of likely N-dealkylation sites (tertiary alicyclic amines) is 1. The van der Waals surface area contributed by atoms with Crippen molar-refractivity contribution in [3.63, 3.8) is 0 Å². The first-order valence-corrected chi connectivity index (χ1v) is 10.4. The largest absolute Gasteiger partial charge is 0.384 e. The molecule has 0 bridgehead atoms. The number of fused-ring (bicyclic) bond motifs is 1. The molecule has 1 aromatic rings. The van der Waals surface area contributed by atoms with Crippen molar-refractivity contribution in [3.05, 3.63) is 35.6 Å². The number of nitrogens with zero attached hydrogens (tertiary/aromatic N) is 3. The topological polar surface area (TPSA) is 70.2 Å². The number of carbonyl (C=O) groups is 1. The van der Waals surface area contributed by atoms with Crippen molar-refractivity contribution in [1.82, 2.24) is 13.5 Å². The van der Waals surface area contributed by atoms with Crippen LogP contribution in [0.15, 0.2) is 24.3 Å². The first kappa shape index (κ1) is 20.2. The smallest absolute Gasteiger partial charge is 0.281 e. The van der Waals surface area contributed by atoms with Gasteiger partial charge >= 0.3 is 0 Å². The molecule has 7 nitrogen and oxygen atoms in total. The Balaban J connectivity index is 1.90. The van der Waals surface area contributed by atoms with Gasteiger partial charge in [0.15, 0.2) is 0 Å². The van der Waals surface area contributed by atoms with E-state index in [1.165, 1.54) is 34.8 Å². The summed E-state index contributed by atoms with van der Waals surface area (Å²) < 4.78 is 46.5. The fourth-order valence-corrected chi connectivity index (χ4v) is 5.33. The van der Waals surface area contributed by atoms with Crippen molar-refractivity contribution in [2.75, 3.05) is 47.4 Å². The standard InChI is InChI=1S/C18H26FN3O4S/c1-20(2)27(24,25)21-10-14-11-22(17(23)7-8-26-3)18(16(14)12-21)13-5-4-6-15(19)9-13/h4-6,9,14,16,18H,7-8,10-12H2,1-3H3/t14-,16-,18-/m0/s1. The summed E-state index contributed by atoms with van der Waals surface area (Å²) in [6, 6.07) is 5.89. The molecule has 150 valence electrons. The third-order valence-electron chi connectivity index (χ3n) is 5.45. The van der Waals surface area contributed by atoms with Crippen LogP contribution in [0.3, 0.4) is 0 Å². The van der Waals surface area contributed by atoms with Crippen LogP contribution in [0.25, 0.3) is 0 Å². The number of methoxy groups -OCH3 is 1.